The minimum absolute atomic E-state index is 0.550. The van der Waals surface area contributed by atoms with E-state index in [0.29, 0.717) is 32.8 Å². The maximum Gasteiger partial charge on any atom is 0.207 e. The maximum atomic E-state index is 9.79. The molecule has 0 aliphatic rings. The minimum Gasteiger partial charge on any atom is -0.379 e. The third-order valence-corrected chi connectivity index (χ3v) is 1.19. The fourth-order valence-corrected chi connectivity index (χ4v) is 0.656. The molecule has 0 aromatic carbocycles. The van der Waals surface area contributed by atoms with Crippen molar-refractivity contribution in [3.05, 3.63) is 0 Å². The van der Waals surface area contributed by atoms with Crippen LogP contribution >= 0.6 is 0 Å². The summed E-state index contributed by atoms with van der Waals surface area (Å²) in [5, 5.41) is 2.50. The van der Waals surface area contributed by atoms with Crippen molar-refractivity contribution in [3.8, 4) is 0 Å². The highest BCUT2D eigenvalue weighted by Gasteiger charge is 1.87. The van der Waals surface area contributed by atoms with E-state index in [-0.39, 0.29) is 0 Å². The maximum absolute atomic E-state index is 9.79. The number of hydrogen-bond donors (Lipinski definition) is 1. The minimum atomic E-state index is 0.550. The molecule has 0 saturated carbocycles. The molecule has 0 rings (SSSR count). The van der Waals surface area contributed by atoms with E-state index in [1.165, 1.54) is 0 Å². The molecule has 0 atom stereocenters. The molecule has 0 heterocycles. The van der Waals surface area contributed by atoms with E-state index in [2.05, 4.69) is 12.2 Å². The Kier molecular flexibility index (Phi) is 9.86. The average molecular weight is 175 g/mol. The van der Waals surface area contributed by atoms with Gasteiger partial charge in [-0.3, -0.25) is 4.79 Å². The molecule has 0 radical (unpaired) electrons. The van der Waals surface area contributed by atoms with Crippen LogP contribution in [0.1, 0.15) is 13.3 Å². The van der Waals surface area contributed by atoms with Gasteiger partial charge < -0.3 is 14.8 Å². The van der Waals surface area contributed by atoms with Crippen LogP contribution < -0.4 is 5.32 Å². The quantitative estimate of drug-likeness (QED) is 0.401. The van der Waals surface area contributed by atoms with Crippen LogP contribution in [0.3, 0.4) is 0 Å². The van der Waals surface area contributed by atoms with Crippen LogP contribution in [0.2, 0.25) is 0 Å². The van der Waals surface area contributed by atoms with Gasteiger partial charge in [0.2, 0.25) is 6.41 Å². The smallest absolute Gasteiger partial charge is 0.207 e. The first-order valence-corrected chi connectivity index (χ1v) is 4.24. The topological polar surface area (TPSA) is 47.6 Å². The summed E-state index contributed by atoms with van der Waals surface area (Å²) >= 11 is 0. The highest BCUT2D eigenvalue weighted by Crippen LogP contribution is 1.80. The van der Waals surface area contributed by atoms with Gasteiger partial charge in [0.25, 0.3) is 0 Å². The fraction of sp³-hybridized carbons (Fsp3) is 0.875. The molecule has 0 aromatic heterocycles. The number of nitrogens with one attached hydrogen (secondary N) is 1. The summed E-state index contributed by atoms with van der Waals surface area (Å²) in [6, 6.07) is 0. The van der Waals surface area contributed by atoms with E-state index in [1.54, 1.807) is 0 Å². The first-order valence-electron chi connectivity index (χ1n) is 4.24. The van der Waals surface area contributed by atoms with Gasteiger partial charge in [0.1, 0.15) is 0 Å². The average Bonchev–Trinajstić information content (AvgIpc) is 2.10. The molecular formula is C8H17NO3. The Balaban J connectivity index is 2.77. The number of carbonyl (C=O) groups is 1. The Labute approximate surface area is 73.2 Å². The summed E-state index contributed by atoms with van der Waals surface area (Å²) < 4.78 is 10.3. The molecule has 72 valence electrons. The second-order valence-corrected chi connectivity index (χ2v) is 2.30. The predicted octanol–water partition coefficient (Wildman–Crippen LogP) is 0.176. The lowest BCUT2D eigenvalue weighted by atomic mass is 10.5. The fourth-order valence-electron chi connectivity index (χ4n) is 0.656. The second kappa shape index (κ2) is 10.4. The van der Waals surface area contributed by atoms with E-state index in [1.807, 2.05) is 0 Å². The van der Waals surface area contributed by atoms with Gasteiger partial charge in [-0.15, -0.1) is 0 Å². The van der Waals surface area contributed by atoms with Gasteiger partial charge in [-0.05, 0) is 6.42 Å². The molecule has 0 aliphatic heterocycles. The Bertz CT molecular complexity index is 98.3. The Morgan fingerprint density at radius 1 is 1.17 bits per heavy atom. The third kappa shape index (κ3) is 9.39. The summed E-state index contributed by atoms with van der Waals surface area (Å²) in [7, 11) is 0. The van der Waals surface area contributed by atoms with Crippen LogP contribution in [-0.2, 0) is 14.3 Å². The van der Waals surface area contributed by atoms with Gasteiger partial charge in [-0.2, -0.15) is 0 Å². The van der Waals surface area contributed by atoms with Crippen molar-refractivity contribution in [1.82, 2.24) is 5.32 Å². The van der Waals surface area contributed by atoms with Crippen LogP contribution in [0.25, 0.3) is 0 Å². The summed E-state index contributed by atoms with van der Waals surface area (Å²) in [5.74, 6) is 0. The van der Waals surface area contributed by atoms with E-state index < -0.39 is 0 Å². The lowest BCUT2D eigenvalue weighted by molar-refractivity contribution is -0.109. The summed E-state index contributed by atoms with van der Waals surface area (Å²) in [6.45, 7) is 5.20. The SMILES string of the molecule is CCCOCCOCCNC=O. The van der Waals surface area contributed by atoms with Crippen LogP contribution in [0.5, 0.6) is 0 Å². The summed E-state index contributed by atoms with van der Waals surface area (Å²) in [6.07, 6.45) is 1.70. The second-order valence-electron chi connectivity index (χ2n) is 2.30. The normalized spacial score (nSPS) is 9.75. The lowest BCUT2D eigenvalue weighted by Gasteiger charge is -2.03. The van der Waals surface area contributed by atoms with E-state index in [4.69, 9.17) is 9.47 Å². The van der Waals surface area contributed by atoms with Crippen molar-refractivity contribution in [2.24, 2.45) is 0 Å². The van der Waals surface area contributed by atoms with Gasteiger partial charge in [-0.25, -0.2) is 0 Å². The number of rotatable bonds is 9. The molecule has 0 bridgehead atoms. The number of ether oxygens (including phenoxy) is 2. The zero-order valence-electron chi connectivity index (χ0n) is 7.54. The van der Waals surface area contributed by atoms with Gasteiger partial charge >= 0.3 is 0 Å². The standard InChI is InChI=1S/C8H17NO3/c1-2-4-11-6-7-12-5-3-9-8-10/h8H,2-7H2,1H3,(H,9,10). The zero-order chi connectivity index (χ0) is 9.07. The van der Waals surface area contributed by atoms with Crippen LogP contribution in [-0.4, -0.2) is 39.4 Å². The van der Waals surface area contributed by atoms with Gasteiger partial charge in [0, 0.05) is 13.2 Å². The molecule has 0 unspecified atom stereocenters. The first kappa shape index (κ1) is 11.4. The number of amides is 1. The van der Waals surface area contributed by atoms with Crippen LogP contribution in [0.15, 0.2) is 0 Å². The van der Waals surface area contributed by atoms with Gasteiger partial charge in [-0.1, -0.05) is 6.92 Å². The summed E-state index contributed by atoms with van der Waals surface area (Å²) in [4.78, 5) is 9.79. The molecule has 1 N–H and O–H groups in total. The third-order valence-electron chi connectivity index (χ3n) is 1.19. The Morgan fingerprint density at radius 3 is 2.42 bits per heavy atom. The van der Waals surface area contributed by atoms with Gasteiger partial charge in [0.05, 0.1) is 19.8 Å². The van der Waals surface area contributed by atoms with Crippen molar-refractivity contribution in [2.75, 3.05) is 33.0 Å². The molecule has 4 nitrogen and oxygen atoms in total. The van der Waals surface area contributed by atoms with Crippen molar-refractivity contribution in [3.63, 3.8) is 0 Å². The largest absolute Gasteiger partial charge is 0.379 e. The molecule has 1 amide bonds. The molecule has 0 saturated heterocycles. The Morgan fingerprint density at radius 2 is 1.83 bits per heavy atom. The molecule has 0 aliphatic carbocycles. The predicted molar refractivity (Wildman–Crippen MR) is 46.0 cm³/mol. The highest BCUT2D eigenvalue weighted by molar-refractivity contribution is 5.45. The monoisotopic (exact) mass is 175 g/mol. The molecule has 0 spiro atoms. The summed E-state index contributed by atoms with van der Waals surface area (Å²) in [5.41, 5.74) is 0. The number of carbonyl (C=O) groups excluding carboxylic acids is 1. The van der Waals surface area contributed by atoms with Crippen LogP contribution in [0.4, 0.5) is 0 Å². The molecule has 0 aromatic rings. The van der Waals surface area contributed by atoms with Crippen molar-refractivity contribution < 1.29 is 14.3 Å². The first-order chi connectivity index (χ1) is 5.91. The highest BCUT2D eigenvalue weighted by atomic mass is 16.5. The molecule has 4 heteroatoms. The molecule has 0 fully saturated rings. The Hall–Kier alpha value is -0.610. The lowest BCUT2D eigenvalue weighted by Crippen LogP contribution is -2.18. The van der Waals surface area contributed by atoms with Gasteiger partial charge in [0.15, 0.2) is 0 Å². The van der Waals surface area contributed by atoms with Crippen LogP contribution in [0, 0.1) is 0 Å². The van der Waals surface area contributed by atoms with E-state index >= 15 is 0 Å². The van der Waals surface area contributed by atoms with Crippen molar-refractivity contribution in [2.45, 2.75) is 13.3 Å². The van der Waals surface area contributed by atoms with Crippen molar-refractivity contribution in [1.29, 1.82) is 0 Å². The van der Waals surface area contributed by atoms with E-state index in [0.717, 1.165) is 13.0 Å². The molecule has 12 heavy (non-hydrogen) atoms. The van der Waals surface area contributed by atoms with Crippen molar-refractivity contribution >= 4 is 6.41 Å². The number of hydrogen-bond acceptors (Lipinski definition) is 3. The molecular weight excluding hydrogens is 158 g/mol. The van der Waals surface area contributed by atoms with E-state index in [9.17, 15) is 4.79 Å². The zero-order valence-corrected chi connectivity index (χ0v) is 7.54.